The molecule has 3 aromatic rings. The molecule has 2 amide bonds. The average molecular weight is 412 g/mol. The predicted octanol–water partition coefficient (Wildman–Crippen LogP) is 4.09. The lowest BCUT2D eigenvalue weighted by atomic mass is 9.93. The van der Waals surface area contributed by atoms with E-state index in [1.54, 1.807) is 16.8 Å². The standard InChI is InChI=1S/C21H25N5O2S/c1-12-8-10-13(11-9-12)18(27)24-20-23-17-16(29-20)15(25-26(17)21(2,3)4)19(28)22-14-6-5-7-14/h8-11,14H,5-7H2,1-4H3,(H,22,28)(H,23,24,27). The van der Waals surface area contributed by atoms with E-state index >= 15 is 0 Å². The van der Waals surface area contributed by atoms with Crippen LogP contribution in [0.1, 0.15) is 66.4 Å². The molecule has 1 aliphatic rings. The lowest BCUT2D eigenvalue weighted by molar-refractivity contribution is 0.0911. The van der Waals surface area contributed by atoms with Crippen LogP contribution in [0.4, 0.5) is 5.13 Å². The first-order valence-corrected chi connectivity index (χ1v) is 10.6. The van der Waals surface area contributed by atoms with Gasteiger partial charge in [-0.1, -0.05) is 29.0 Å². The Bertz CT molecular complexity index is 1070. The lowest BCUT2D eigenvalue weighted by Crippen LogP contribution is -2.39. The number of carbonyl (C=O) groups excluding carboxylic acids is 2. The van der Waals surface area contributed by atoms with Gasteiger partial charge in [-0.2, -0.15) is 10.1 Å². The highest BCUT2D eigenvalue weighted by atomic mass is 32.1. The maximum Gasteiger partial charge on any atom is 0.273 e. The number of anilines is 1. The summed E-state index contributed by atoms with van der Waals surface area (Å²) in [6.07, 6.45) is 3.16. The number of benzene rings is 1. The molecule has 7 nitrogen and oxygen atoms in total. The third kappa shape index (κ3) is 3.89. The second kappa shape index (κ2) is 7.26. The molecule has 29 heavy (non-hydrogen) atoms. The van der Waals surface area contributed by atoms with Crippen LogP contribution in [0.3, 0.4) is 0 Å². The number of amides is 2. The number of thiazole rings is 1. The number of hydrogen-bond donors (Lipinski definition) is 2. The molecule has 1 aromatic carbocycles. The van der Waals surface area contributed by atoms with Crippen molar-refractivity contribution in [3.8, 4) is 0 Å². The number of aromatic nitrogens is 3. The van der Waals surface area contributed by atoms with Crippen molar-refractivity contribution in [1.29, 1.82) is 0 Å². The first-order valence-electron chi connectivity index (χ1n) is 9.81. The van der Waals surface area contributed by atoms with Gasteiger partial charge in [-0.05, 0) is 59.1 Å². The summed E-state index contributed by atoms with van der Waals surface area (Å²) in [5.74, 6) is -0.403. The normalized spacial score (nSPS) is 14.6. The summed E-state index contributed by atoms with van der Waals surface area (Å²) < 4.78 is 2.45. The first kappa shape index (κ1) is 19.6. The number of rotatable bonds is 4. The molecule has 1 fully saturated rings. The van der Waals surface area contributed by atoms with Gasteiger partial charge in [0.25, 0.3) is 11.8 Å². The van der Waals surface area contributed by atoms with Gasteiger partial charge in [0, 0.05) is 11.6 Å². The minimum Gasteiger partial charge on any atom is -0.348 e. The third-order valence-corrected chi connectivity index (χ3v) is 6.02. The Morgan fingerprint density at radius 2 is 1.83 bits per heavy atom. The van der Waals surface area contributed by atoms with Gasteiger partial charge in [-0.15, -0.1) is 0 Å². The van der Waals surface area contributed by atoms with Crippen molar-refractivity contribution in [1.82, 2.24) is 20.1 Å². The van der Waals surface area contributed by atoms with Crippen molar-refractivity contribution in [3.63, 3.8) is 0 Å². The van der Waals surface area contributed by atoms with Crippen molar-refractivity contribution in [3.05, 3.63) is 41.1 Å². The minimum absolute atomic E-state index is 0.178. The fourth-order valence-electron chi connectivity index (χ4n) is 3.15. The number of carbonyl (C=O) groups is 2. The van der Waals surface area contributed by atoms with Crippen LogP contribution in [0.15, 0.2) is 24.3 Å². The smallest absolute Gasteiger partial charge is 0.273 e. The van der Waals surface area contributed by atoms with Gasteiger partial charge >= 0.3 is 0 Å². The van der Waals surface area contributed by atoms with E-state index in [4.69, 9.17) is 0 Å². The summed E-state index contributed by atoms with van der Waals surface area (Å²) in [5.41, 5.74) is 2.29. The fourth-order valence-corrected chi connectivity index (χ4v) is 4.08. The van der Waals surface area contributed by atoms with E-state index in [1.807, 2.05) is 39.8 Å². The Kier molecular flexibility index (Phi) is 4.90. The Morgan fingerprint density at radius 1 is 1.14 bits per heavy atom. The maximum atomic E-state index is 12.8. The van der Waals surface area contributed by atoms with Crippen LogP contribution in [-0.4, -0.2) is 32.6 Å². The van der Waals surface area contributed by atoms with Gasteiger partial charge in [-0.3, -0.25) is 14.9 Å². The van der Waals surface area contributed by atoms with Gasteiger partial charge in [0.1, 0.15) is 4.70 Å². The molecule has 1 aliphatic carbocycles. The van der Waals surface area contributed by atoms with E-state index in [2.05, 4.69) is 20.7 Å². The molecule has 0 atom stereocenters. The number of nitrogens with zero attached hydrogens (tertiary/aromatic N) is 3. The molecule has 0 unspecified atom stereocenters. The molecule has 0 bridgehead atoms. The van der Waals surface area contributed by atoms with E-state index in [1.165, 1.54) is 11.3 Å². The van der Waals surface area contributed by atoms with Gasteiger partial charge in [0.2, 0.25) is 0 Å². The molecule has 0 spiro atoms. The predicted molar refractivity (Wildman–Crippen MR) is 115 cm³/mol. The van der Waals surface area contributed by atoms with Crippen molar-refractivity contribution >= 4 is 38.6 Å². The lowest BCUT2D eigenvalue weighted by Gasteiger charge is -2.25. The molecule has 8 heteroatoms. The van der Waals surface area contributed by atoms with Crippen LogP contribution < -0.4 is 10.6 Å². The molecular formula is C21H25N5O2S. The van der Waals surface area contributed by atoms with E-state index in [0.717, 1.165) is 24.8 Å². The van der Waals surface area contributed by atoms with Gasteiger partial charge in [-0.25, -0.2) is 4.68 Å². The Balaban J connectivity index is 1.66. The molecule has 152 valence electrons. The summed E-state index contributed by atoms with van der Waals surface area (Å²) in [5, 5.41) is 10.9. The van der Waals surface area contributed by atoms with Gasteiger partial charge < -0.3 is 5.32 Å². The largest absolute Gasteiger partial charge is 0.348 e. The zero-order valence-corrected chi connectivity index (χ0v) is 17.9. The minimum atomic E-state index is -0.348. The molecule has 2 aromatic heterocycles. The Labute approximate surface area is 173 Å². The third-order valence-electron chi connectivity index (χ3n) is 5.05. The number of aryl methyl sites for hydroxylation is 1. The van der Waals surface area contributed by atoms with E-state index in [0.29, 0.717) is 26.7 Å². The quantitative estimate of drug-likeness (QED) is 0.677. The van der Waals surface area contributed by atoms with Crippen LogP contribution in [-0.2, 0) is 5.54 Å². The molecule has 2 N–H and O–H groups in total. The summed E-state index contributed by atoms with van der Waals surface area (Å²) in [4.78, 5) is 29.9. The van der Waals surface area contributed by atoms with E-state index < -0.39 is 0 Å². The number of fused-ring (bicyclic) bond motifs is 1. The van der Waals surface area contributed by atoms with Crippen LogP contribution in [0.25, 0.3) is 10.3 Å². The van der Waals surface area contributed by atoms with Crippen LogP contribution >= 0.6 is 11.3 Å². The summed E-state index contributed by atoms with van der Waals surface area (Å²) in [7, 11) is 0. The van der Waals surface area contributed by atoms with E-state index in [9.17, 15) is 9.59 Å². The fraction of sp³-hybridized carbons (Fsp3) is 0.429. The van der Waals surface area contributed by atoms with Crippen molar-refractivity contribution < 1.29 is 9.59 Å². The number of nitrogens with one attached hydrogen (secondary N) is 2. The Hall–Kier alpha value is -2.74. The van der Waals surface area contributed by atoms with Crippen molar-refractivity contribution in [2.45, 2.75) is 58.5 Å². The molecule has 2 heterocycles. The second-order valence-electron chi connectivity index (χ2n) is 8.52. The summed E-state index contributed by atoms with van der Waals surface area (Å²) in [6.45, 7) is 8.01. The SMILES string of the molecule is Cc1ccc(C(=O)Nc2nc3c(s2)c(C(=O)NC2CCC2)nn3C(C)(C)C)cc1. The first-order chi connectivity index (χ1) is 13.7. The Morgan fingerprint density at radius 3 is 2.41 bits per heavy atom. The zero-order chi connectivity index (χ0) is 20.8. The monoisotopic (exact) mass is 411 g/mol. The molecule has 4 rings (SSSR count). The van der Waals surface area contributed by atoms with Crippen LogP contribution in [0, 0.1) is 6.92 Å². The molecule has 0 aliphatic heterocycles. The van der Waals surface area contributed by atoms with Crippen LogP contribution in [0.2, 0.25) is 0 Å². The van der Waals surface area contributed by atoms with Gasteiger partial charge in [0.05, 0.1) is 5.54 Å². The average Bonchev–Trinajstić information content (AvgIpc) is 3.16. The highest BCUT2D eigenvalue weighted by Gasteiger charge is 2.29. The molecule has 0 radical (unpaired) electrons. The van der Waals surface area contributed by atoms with Gasteiger partial charge in [0.15, 0.2) is 16.5 Å². The molecular weight excluding hydrogens is 386 g/mol. The van der Waals surface area contributed by atoms with E-state index in [-0.39, 0.29) is 23.4 Å². The summed E-state index contributed by atoms with van der Waals surface area (Å²) >= 11 is 1.28. The van der Waals surface area contributed by atoms with Crippen molar-refractivity contribution in [2.75, 3.05) is 5.32 Å². The zero-order valence-electron chi connectivity index (χ0n) is 17.1. The summed E-state index contributed by atoms with van der Waals surface area (Å²) in [6, 6.07) is 7.59. The topological polar surface area (TPSA) is 88.9 Å². The van der Waals surface area contributed by atoms with Crippen molar-refractivity contribution in [2.24, 2.45) is 0 Å². The molecule has 0 saturated heterocycles. The highest BCUT2D eigenvalue weighted by Crippen LogP contribution is 2.33. The molecule has 1 saturated carbocycles. The van der Waals surface area contributed by atoms with Crippen LogP contribution in [0.5, 0.6) is 0 Å². The maximum absolute atomic E-state index is 12.8. The second-order valence-corrected chi connectivity index (χ2v) is 9.52. The number of hydrogen-bond acceptors (Lipinski definition) is 5. The highest BCUT2D eigenvalue weighted by molar-refractivity contribution is 7.22.